The molecule has 0 aromatic heterocycles. The lowest BCUT2D eigenvalue weighted by Gasteiger charge is -2.33. The second-order valence-electron chi connectivity index (χ2n) is 2.93. The zero-order valence-corrected chi connectivity index (χ0v) is 6.42. The van der Waals surface area contributed by atoms with Gasteiger partial charge in [0.15, 0.2) is 0 Å². The Balaban J connectivity index is 2.35. The Hall–Kier alpha value is -0.0800. The fraction of sp³-hybridized carbons (Fsp3) is 1.00. The van der Waals surface area contributed by atoms with E-state index in [1.165, 1.54) is 0 Å². The van der Waals surface area contributed by atoms with Gasteiger partial charge in [-0.15, -0.1) is 0 Å². The van der Waals surface area contributed by atoms with Crippen LogP contribution in [0.4, 0.5) is 0 Å². The molecule has 1 rings (SSSR count). The van der Waals surface area contributed by atoms with E-state index in [2.05, 4.69) is 25.8 Å². The molecule has 0 N–H and O–H groups in total. The summed E-state index contributed by atoms with van der Waals surface area (Å²) in [7, 11) is 2.14. The molecule has 1 aliphatic rings. The van der Waals surface area contributed by atoms with E-state index >= 15 is 0 Å². The van der Waals surface area contributed by atoms with Crippen LogP contribution < -0.4 is 0 Å². The maximum atomic E-state index is 5.42. The van der Waals surface area contributed by atoms with Crippen molar-refractivity contribution in [2.75, 3.05) is 20.2 Å². The Bertz CT molecular complexity index is 94.9. The highest BCUT2D eigenvalue weighted by atomic mass is 16.5. The van der Waals surface area contributed by atoms with E-state index in [4.69, 9.17) is 4.74 Å². The summed E-state index contributed by atoms with van der Waals surface area (Å²) in [5.41, 5.74) is 0. The maximum absolute atomic E-state index is 5.42. The quantitative estimate of drug-likeness (QED) is 0.478. The smallest absolute Gasteiger partial charge is 0.0674 e. The van der Waals surface area contributed by atoms with Crippen LogP contribution >= 0.6 is 0 Å². The molecule has 2 atom stereocenters. The summed E-state index contributed by atoms with van der Waals surface area (Å²) in [6.07, 6.45) is 0.422. The summed E-state index contributed by atoms with van der Waals surface area (Å²) in [6.45, 7) is 6.26. The molecule has 54 valence electrons. The van der Waals surface area contributed by atoms with Gasteiger partial charge in [-0.3, -0.25) is 4.90 Å². The molecule has 0 spiro atoms. The predicted molar refractivity (Wildman–Crippen MR) is 37.5 cm³/mol. The molecule has 1 unspecified atom stereocenters. The zero-order chi connectivity index (χ0) is 6.85. The van der Waals surface area contributed by atoms with Crippen molar-refractivity contribution in [2.45, 2.75) is 26.0 Å². The number of likely N-dealkylation sites (N-methyl/N-ethyl adjacent to an activating group) is 1. The van der Waals surface area contributed by atoms with Crippen molar-refractivity contribution in [3.63, 3.8) is 0 Å². The van der Waals surface area contributed by atoms with E-state index in [9.17, 15) is 0 Å². The first-order valence-corrected chi connectivity index (χ1v) is 3.52. The lowest BCUT2D eigenvalue weighted by molar-refractivity contribution is -0.0388. The highest BCUT2D eigenvalue weighted by Gasteiger charge is 2.18. The minimum absolute atomic E-state index is 0.422. The summed E-state index contributed by atoms with van der Waals surface area (Å²) in [4.78, 5) is 2.33. The third kappa shape index (κ3) is 1.66. The van der Waals surface area contributed by atoms with Crippen molar-refractivity contribution in [1.29, 1.82) is 0 Å². The molecule has 1 saturated heterocycles. The molecule has 1 heterocycles. The number of ether oxygens (including phenoxy) is 1. The molecule has 0 bridgehead atoms. The minimum atomic E-state index is 0.422. The number of morpholine rings is 1. The van der Waals surface area contributed by atoms with Gasteiger partial charge in [-0.2, -0.15) is 0 Å². The third-order valence-electron chi connectivity index (χ3n) is 1.92. The molecule has 0 aromatic carbocycles. The average Bonchev–Trinajstić information content (AvgIpc) is 1.80. The second kappa shape index (κ2) is 2.67. The fourth-order valence-electron chi connectivity index (χ4n) is 1.07. The van der Waals surface area contributed by atoms with Gasteiger partial charge in [-0.05, 0) is 20.9 Å². The summed E-state index contributed by atoms with van der Waals surface area (Å²) in [5.74, 6) is 0. The van der Waals surface area contributed by atoms with Crippen LogP contribution in [0, 0.1) is 0 Å². The SMILES string of the molecule is CC1CN(C)[C@H](C)CO1. The molecule has 1 fully saturated rings. The van der Waals surface area contributed by atoms with Crippen LogP contribution in [0.2, 0.25) is 0 Å². The molecule has 9 heavy (non-hydrogen) atoms. The molecule has 2 heteroatoms. The summed E-state index contributed by atoms with van der Waals surface area (Å²) < 4.78 is 5.42. The van der Waals surface area contributed by atoms with Crippen molar-refractivity contribution < 1.29 is 4.74 Å². The molecule has 0 amide bonds. The van der Waals surface area contributed by atoms with E-state index in [0.29, 0.717) is 12.1 Å². The van der Waals surface area contributed by atoms with E-state index in [-0.39, 0.29) is 0 Å². The Morgan fingerprint density at radius 1 is 1.44 bits per heavy atom. The molecular weight excluding hydrogens is 114 g/mol. The van der Waals surface area contributed by atoms with Crippen LogP contribution in [0.5, 0.6) is 0 Å². The van der Waals surface area contributed by atoms with Gasteiger partial charge in [0.1, 0.15) is 0 Å². The summed E-state index contributed by atoms with van der Waals surface area (Å²) in [5, 5.41) is 0. The van der Waals surface area contributed by atoms with Gasteiger partial charge >= 0.3 is 0 Å². The first kappa shape index (κ1) is 7.03. The first-order valence-electron chi connectivity index (χ1n) is 3.52. The molecule has 2 nitrogen and oxygen atoms in total. The first-order chi connectivity index (χ1) is 4.20. The standard InChI is InChI=1S/C7H15NO/c1-6-5-9-7(2)4-8(6)3/h6-7H,4-5H2,1-3H3/t6-,7?/m1/s1. The molecule has 1 aliphatic heterocycles. The normalized spacial score (nSPS) is 39.0. The number of hydrogen-bond donors (Lipinski definition) is 0. The molecule has 0 aliphatic carbocycles. The second-order valence-corrected chi connectivity index (χ2v) is 2.93. The van der Waals surface area contributed by atoms with Gasteiger partial charge in [0.05, 0.1) is 12.7 Å². The Labute approximate surface area is 56.8 Å². The summed E-state index contributed by atoms with van der Waals surface area (Å²) >= 11 is 0. The third-order valence-corrected chi connectivity index (χ3v) is 1.92. The van der Waals surface area contributed by atoms with Crippen LogP contribution in [0.3, 0.4) is 0 Å². The van der Waals surface area contributed by atoms with Gasteiger partial charge in [0, 0.05) is 12.6 Å². The van der Waals surface area contributed by atoms with Gasteiger partial charge in [-0.1, -0.05) is 0 Å². The number of hydrogen-bond acceptors (Lipinski definition) is 2. The van der Waals surface area contributed by atoms with Gasteiger partial charge in [-0.25, -0.2) is 0 Å². The summed E-state index contributed by atoms with van der Waals surface area (Å²) in [6, 6.07) is 0.598. The highest BCUT2D eigenvalue weighted by Crippen LogP contribution is 2.07. The minimum Gasteiger partial charge on any atom is -0.376 e. The van der Waals surface area contributed by atoms with Crippen LogP contribution in [-0.4, -0.2) is 37.2 Å². The van der Waals surface area contributed by atoms with Crippen LogP contribution in [0.1, 0.15) is 13.8 Å². The van der Waals surface area contributed by atoms with Crippen LogP contribution in [0.25, 0.3) is 0 Å². The monoisotopic (exact) mass is 129 g/mol. The Morgan fingerprint density at radius 3 is 2.56 bits per heavy atom. The van der Waals surface area contributed by atoms with Crippen molar-refractivity contribution in [1.82, 2.24) is 4.90 Å². The van der Waals surface area contributed by atoms with Crippen molar-refractivity contribution >= 4 is 0 Å². The fourth-order valence-corrected chi connectivity index (χ4v) is 1.07. The van der Waals surface area contributed by atoms with E-state index in [1.54, 1.807) is 0 Å². The van der Waals surface area contributed by atoms with Crippen LogP contribution in [0.15, 0.2) is 0 Å². The molecule has 0 saturated carbocycles. The number of rotatable bonds is 0. The van der Waals surface area contributed by atoms with E-state index in [0.717, 1.165) is 13.2 Å². The van der Waals surface area contributed by atoms with Gasteiger partial charge in [0.25, 0.3) is 0 Å². The Morgan fingerprint density at radius 2 is 2.11 bits per heavy atom. The average molecular weight is 129 g/mol. The van der Waals surface area contributed by atoms with Gasteiger partial charge in [0.2, 0.25) is 0 Å². The van der Waals surface area contributed by atoms with Crippen molar-refractivity contribution in [3.05, 3.63) is 0 Å². The van der Waals surface area contributed by atoms with E-state index in [1.807, 2.05) is 0 Å². The van der Waals surface area contributed by atoms with Crippen molar-refractivity contribution in [3.8, 4) is 0 Å². The lowest BCUT2D eigenvalue weighted by atomic mass is 10.2. The Kier molecular flexibility index (Phi) is 2.09. The largest absolute Gasteiger partial charge is 0.376 e. The highest BCUT2D eigenvalue weighted by molar-refractivity contribution is 4.71. The topological polar surface area (TPSA) is 12.5 Å². The predicted octanol–water partition coefficient (Wildman–Crippen LogP) is 0.725. The molecular formula is C7H15NO. The van der Waals surface area contributed by atoms with Gasteiger partial charge < -0.3 is 4.74 Å². The molecule has 0 radical (unpaired) electrons. The maximum Gasteiger partial charge on any atom is 0.0674 e. The van der Waals surface area contributed by atoms with Crippen molar-refractivity contribution in [2.24, 2.45) is 0 Å². The van der Waals surface area contributed by atoms with Crippen LogP contribution in [-0.2, 0) is 4.74 Å². The lowest BCUT2D eigenvalue weighted by Crippen LogP contribution is -2.44. The molecule has 0 aromatic rings. The number of nitrogens with zero attached hydrogens (tertiary/aromatic N) is 1. The zero-order valence-electron chi connectivity index (χ0n) is 6.42. The van der Waals surface area contributed by atoms with E-state index < -0.39 is 0 Å².